The van der Waals surface area contributed by atoms with E-state index < -0.39 is 0 Å². The van der Waals surface area contributed by atoms with Crippen molar-refractivity contribution in [3.05, 3.63) is 69.9 Å². The Morgan fingerprint density at radius 2 is 1.92 bits per heavy atom. The summed E-state index contributed by atoms with van der Waals surface area (Å²) in [6, 6.07) is 13.4. The molecule has 6 heteroatoms. The summed E-state index contributed by atoms with van der Waals surface area (Å²) < 4.78 is 13.7. The van der Waals surface area contributed by atoms with Gasteiger partial charge in [0.25, 0.3) is 5.91 Å². The van der Waals surface area contributed by atoms with Crippen LogP contribution < -0.4 is 5.32 Å². The molecule has 3 rings (SSSR count). The van der Waals surface area contributed by atoms with Crippen molar-refractivity contribution in [2.75, 3.05) is 13.1 Å². The molecule has 25 heavy (non-hydrogen) atoms. The minimum atomic E-state index is -0.288. The highest BCUT2D eigenvalue weighted by Gasteiger charge is 2.29. The van der Waals surface area contributed by atoms with Gasteiger partial charge in [0.2, 0.25) is 5.91 Å². The fraction of sp³-hybridized carbons (Fsp3) is 0.263. The number of likely N-dealkylation sites (tertiary alicyclic amines) is 1. The molecular formula is C19H18BrFN2O2. The molecule has 2 aromatic carbocycles. The lowest BCUT2D eigenvalue weighted by Crippen LogP contribution is -2.31. The molecule has 1 fully saturated rings. The second-order valence-corrected chi connectivity index (χ2v) is 7.02. The Labute approximate surface area is 154 Å². The molecule has 4 nitrogen and oxygen atoms in total. The van der Waals surface area contributed by atoms with Crippen molar-refractivity contribution in [2.24, 2.45) is 5.92 Å². The molecule has 1 heterocycles. The summed E-state index contributed by atoms with van der Waals surface area (Å²) in [4.78, 5) is 26.1. The van der Waals surface area contributed by atoms with Gasteiger partial charge in [0.05, 0.1) is 5.56 Å². The maximum atomic E-state index is 13.0. The second-order valence-electron chi connectivity index (χ2n) is 6.16. The minimum absolute atomic E-state index is 0.0597. The Bertz CT molecular complexity index is 779. The zero-order valence-corrected chi connectivity index (χ0v) is 15.1. The molecule has 0 radical (unpaired) electrons. The van der Waals surface area contributed by atoms with E-state index in [2.05, 4.69) is 21.2 Å². The quantitative estimate of drug-likeness (QED) is 0.830. The lowest BCUT2D eigenvalue weighted by atomic mass is 10.1. The molecule has 130 valence electrons. The van der Waals surface area contributed by atoms with Crippen LogP contribution >= 0.6 is 15.9 Å². The predicted molar refractivity (Wildman–Crippen MR) is 96.4 cm³/mol. The molecule has 0 aromatic heterocycles. The molecule has 0 aliphatic carbocycles. The lowest BCUT2D eigenvalue weighted by molar-refractivity contribution is -0.128. The van der Waals surface area contributed by atoms with Crippen LogP contribution in [0.5, 0.6) is 0 Å². The topological polar surface area (TPSA) is 49.4 Å². The SMILES string of the molecule is O=C(NCC1CC(=O)N(Cc2ccc(F)cc2)C1)c1ccccc1Br. The molecule has 0 saturated carbocycles. The van der Waals surface area contributed by atoms with Gasteiger partial charge in [0.15, 0.2) is 0 Å². The van der Waals surface area contributed by atoms with Crippen molar-refractivity contribution < 1.29 is 14.0 Å². The Balaban J connectivity index is 1.53. The van der Waals surface area contributed by atoms with E-state index >= 15 is 0 Å². The van der Waals surface area contributed by atoms with Gasteiger partial charge >= 0.3 is 0 Å². The molecule has 1 atom stereocenters. The molecule has 0 spiro atoms. The third-order valence-corrected chi connectivity index (χ3v) is 4.94. The summed E-state index contributed by atoms with van der Waals surface area (Å²) >= 11 is 3.36. The number of nitrogens with one attached hydrogen (secondary N) is 1. The van der Waals surface area contributed by atoms with Crippen LogP contribution in [-0.4, -0.2) is 29.8 Å². The molecule has 2 aromatic rings. The Morgan fingerprint density at radius 1 is 1.20 bits per heavy atom. The summed E-state index contributed by atoms with van der Waals surface area (Å²) in [5, 5.41) is 2.90. The van der Waals surface area contributed by atoms with Crippen LogP contribution in [0, 0.1) is 11.7 Å². The van der Waals surface area contributed by atoms with E-state index in [4.69, 9.17) is 0 Å². The maximum Gasteiger partial charge on any atom is 0.252 e. The van der Waals surface area contributed by atoms with E-state index in [1.54, 1.807) is 23.1 Å². The summed E-state index contributed by atoms with van der Waals surface area (Å²) in [7, 11) is 0. The van der Waals surface area contributed by atoms with Crippen molar-refractivity contribution >= 4 is 27.7 Å². The largest absolute Gasteiger partial charge is 0.352 e. The van der Waals surface area contributed by atoms with E-state index in [9.17, 15) is 14.0 Å². The van der Waals surface area contributed by atoms with Gasteiger partial charge in [-0.15, -0.1) is 0 Å². The highest BCUT2D eigenvalue weighted by atomic mass is 79.9. The van der Waals surface area contributed by atoms with Crippen LogP contribution in [0.3, 0.4) is 0 Å². The van der Waals surface area contributed by atoms with Crippen molar-refractivity contribution in [2.45, 2.75) is 13.0 Å². The summed E-state index contributed by atoms with van der Waals surface area (Å²) in [6.45, 7) is 1.51. The molecule has 1 saturated heterocycles. The second kappa shape index (κ2) is 7.78. The van der Waals surface area contributed by atoms with Gasteiger partial charge in [-0.3, -0.25) is 9.59 Å². The van der Waals surface area contributed by atoms with E-state index in [1.807, 2.05) is 18.2 Å². The van der Waals surface area contributed by atoms with Gasteiger partial charge in [-0.05, 0) is 45.8 Å². The molecule has 1 aliphatic rings. The van der Waals surface area contributed by atoms with Gasteiger partial charge in [-0.2, -0.15) is 0 Å². The zero-order chi connectivity index (χ0) is 17.8. The minimum Gasteiger partial charge on any atom is -0.352 e. The van der Waals surface area contributed by atoms with Gasteiger partial charge in [-0.25, -0.2) is 4.39 Å². The fourth-order valence-corrected chi connectivity index (χ4v) is 3.40. The van der Waals surface area contributed by atoms with Crippen molar-refractivity contribution in [3.63, 3.8) is 0 Å². The maximum absolute atomic E-state index is 13.0. The average Bonchev–Trinajstić information content (AvgIpc) is 2.95. The summed E-state index contributed by atoms with van der Waals surface area (Å²) in [6.07, 6.45) is 0.414. The Hall–Kier alpha value is -2.21. The van der Waals surface area contributed by atoms with Crippen LogP contribution in [0.4, 0.5) is 4.39 Å². The highest BCUT2D eigenvalue weighted by molar-refractivity contribution is 9.10. The molecule has 1 N–H and O–H groups in total. The number of carbonyl (C=O) groups is 2. The Morgan fingerprint density at radius 3 is 2.64 bits per heavy atom. The molecule has 1 aliphatic heterocycles. The van der Waals surface area contributed by atoms with Crippen LogP contribution in [0.2, 0.25) is 0 Å². The van der Waals surface area contributed by atoms with Crippen LogP contribution in [0.1, 0.15) is 22.3 Å². The van der Waals surface area contributed by atoms with Crippen molar-refractivity contribution in [1.29, 1.82) is 0 Å². The smallest absolute Gasteiger partial charge is 0.252 e. The number of halogens is 2. The van der Waals surface area contributed by atoms with E-state index in [1.165, 1.54) is 12.1 Å². The van der Waals surface area contributed by atoms with E-state index in [0.717, 1.165) is 10.0 Å². The highest BCUT2D eigenvalue weighted by Crippen LogP contribution is 2.20. The monoisotopic (exact) mass is 404 g/mol. The van der Waals surface area contributed by atoms with Crippen LogP contribution in [-0.2, 0) is 11.3 Å². The number of amides is 2. The first kappa shape index (κ1) is 17.6. The van der Waals surface area contributed by atoms with Gasteiger partial charge in [0.1, 0.15) is 5.82 Å². The predicted octanol–water partition coefficient (Wildman–Crippen LogP) is 3.37. The molecular weight excluding hydrogens is 387 g/mol. The Kier molecular flexibility index (Phi) is 5.48. The molecule has 2 amide bonds. The number of carbonyl (C=O) groups excluding carboxylic acids is 2. The third kappa shape index (κ3) is 4.45. The van der Waals surface area contributed by atoms with Gasteiger partial charge < -0.3 is 10.2 Å². The third-order valence-electron chi connectivity index (χ3n) is 4.25. The molecule has 1 unspecified atom stereocenters. The normalized spacial score (nSPS) is 17.0. The standard InChI is InChI=1S/C19H18BrFN2O2/c20-17-4-2-1-3-16(17)19(25)22-10-14-9-18(24)23(12-14)11-13-5-7-15(21)8-6-13/h1-8,14H,9-12H2,(H,22,25). The number of benzene rings is 2. The molecule has 0 bridgehead atoms. The average molecular weight is 405 g/mol. The van der Waals surface area contributed by atoms with Crippen molar-refractivity contribution in [3.8, 4) is 0 Å². The lowest BCUT2D eigenvalue weighted by Gasteiger charge is -2.17. The number of rotatable bonds is 5. The van der Waals surface area contributed by atoms with Gasteiger partial charge in [-0.1, -0.05) is 24.3 Å². The zero-order valence-electron chi connectivity index (χ0n) is 13.5. The first-order valence-corrected chi connectivity index (χ1v) is 8.87. The van der Waals surface area contributed by atoms with Gasteiger partial charge in [0, 0.05) is 36.4 Å². The first-order valence-electron chi connectivity index (χ1n) is 8.08. The summed E-state index contributed by atoms with van der Waals surface area (Å²) in [5.41, 5.74) is 1.47. The van der Waals surface area contributed by atoms with E-state index in [-0.39, 0.29) is 23.5 Å². The van der Waals surface area contributed by atoms with Crippen LogP contribution in [0.15, 0.2) is 53.0 Å². The van der Waals surface area contributed by atoms with E-state index in [0.29, 0.717) is 31.6 Å². The summed E-state index contributed by atoms with van der Waals surface area (Å²) in [5.74, 6) is -0.301. The van der Waals surface area contributed by atoms with Crippen LogP contribution in [0.25, 0.3) is 0 Å². The number of hydrogen-bond donors (Lipinski definition) is 1. The first-order chi connectivity index (χ1) is 12.0. The fourth-order valence-electron chi connectivity index (χ4n) is 2.93. The number of nitrogens with zero attached hydrogens (tertiary/aromatic N) is 1. The van der Waals surface area contributed by atoms with Crippen molar-refractivity contribution in [1.82, 2.24) is 10.2 Å². The number of hydrogen-bond acceptors (Lipinski definition) is 2.